The van der Waals surface area contributed by atoms with Crippen LogP contribution in [-0.4, -0.2) is 34.0 Å². The molecule has 0 aliphatic carbocycles. The fourth-order valence-electron chi connectivity index (χ4n) is 3.72. The number of aromatic hydroxyl groups is 2. The first-order valence-corrected chi connectivity index (χ1v) is 10.6. The zero-order chi connectivity index (χ0) is 24.4. The van der Waals surface area contributed by atoms with Crippen LogP contribution in [0.15, 0.2) is 54.6 Å². The van der Waals surface area contributed by atoms with Crippen LogP contribution in [0, 0.1) is 0 Å². The molecule has 4 rings (SSSR count). The molecule has 9 heteroatoms. The number of hydrogen-bond donors (Lipinski definition) is 4. The second-order valence-corrected chi connectivity index (χ2v) is 8.15. The molecule has 0 radical (unpaired) electrons. The summed E-state index contributed by atoms with van der Waals surface area (Å²) in [7, 11) is 0. The van der Waals surface area contributed by atoms with Crippen LogP contribution >= 0.6 is 0 Å². The SMILES string of the molecule is CC(C)c1cc(C(=O)N(Cc2ccc(C(=O)NO)cc2)c2ccc3c(c2)OCO3)c(O)cc1O. The van der Waals surface area contributed by atoms with Crippen molar-refractivity contribution in [2.45, 2.75) is 26.3 Å². The summed E-state index contributed by atoms with van der Waals surface area (Å²) >= 11 is 0. The van der Waals surface area contributed by atoms with E-state index < -0.39 is 11.8 Å². The standard InChI is InChI=1S/C25H24N2O7/c1-14(2)18-10-19(21(29)11-20(18)28)25(31)27(17-7-8-22-23(9-17)34-13-33-22)12-15-3-5-16(6-4-15)24(30)26-32/h3-11,14,28-29,32H,12-13H2,1-2H3,(H,26,30). The number of nitrogens with one attached hydrogen (secondary N) is 1. The van der Waals surface area contributed by atoms with Crippen LogP contribution in [0.25, 0.3) is 0 Å². The quantitative estimate of drug-likeness (QED) is 0.322. The maximum Gasteiger partial charge on any atom is 0.274 e. The van der Waals surface area contributed by atoms with Crippen LogP contribution in [0.4, 0.5) is 5.69 Å². The number of hydrogen-bond acceptors (Lipinski definition) is 7. The molecule has 0 unspecified atom stereocenters. The highest BCUT2D eigenvalue weighted by Gasteiger charge is 2.25. The summed E-state index contributed by atoms with van der Waals surface area (Å²) in [5.41, 5.74) is 3.61. The van der Waals surface area contributed by atoms with E-state index in [1.54, 1.807) is 35.8 Å². The van der Waals surface area contributed by atoms with Crippen molar-refractivity contribution in [2.75, 3.05) is 11.7 Å². The first-order chi connectivity index (χ1) is 16.3. The number of phenols is 2. The summed E-state index contributed by atoms with van der Waals surface area (Å²) < 4.78 is 10.8. The van der Waals surface area contributed by atoms with E-state index in [4.69, 9.17) is 14.7 Å². The van der Waals surface area contributed by atoms with Gasteiger partial charge in [0.05, 0.1) is 12.1 Å². The van der Waals surface area contributed by atoms with E-state index in [1.807, 2.05) is 13.8 Å². The van der Waals surface area contributed by atoms with Gasteiger partial charge in [0.15, 0.2) is 11.5 Å². The van der Waals surface area contributed by atoms with Crippen LogP contribution < -0.4 is 19.9 Å². The number of amides is 2. The third-order valence-electron chi connectivity index (χ3n) is 5.57. The number of fused-ring (bicyclic) bond motifs is 1. The van der Waals surface area contributed by atoms with E-state index in [9.17, 15) is 19.8 Å². The predicted molar refractivity (Wildman–Crippen MR) is 123 cm³/mol. The highest BCUT2D eigenvalue weighted by molar-refractivity contribution is 6.08. The van der Waals surface area contributed by atoms with Crippen molar-refractivity contribution in [3.63, 3.8) is 0 Å². The fraction of sp³-hybridized carbons (Fsp3) is 0.200. The topological polar surface area (TPSA) is 129 Å². The summed E-state index contributed by atoms with van der Waals surface area (Å²) in [6, 6.07) is 14.1. The molecule has 0 saturated carbocycles. The van der Waals surface area contributed by atoms with Gasteiger partial charge in [-0.1, -0.05) is 26.0 Å². The van der Waals surface area contributed by atoms with Crippen molar-refractivity contribution >= 4 is 17.5 Å². The van der Waals surface area contributed by atoms with Crippen LogP contribution in [-0.2, 0) is 6.54 Å². The first-order valence-electron chi connectivity index (χ1n) is 10.6. The van der Waals surface area contributed by atoms with Crippen LogP contribution in [0.2, 0.25) is 0 Å². The first kappa shape index (κ1) is 22.9. The molecule has 1 aliphatic heterocycles. The number of nitrogens with zero attached hydrogens (tertiary/aromatic N) is 1. The van der Waals surface area contributed by atoms with Gasteiger partial charge < -0.3 is 24.6 Å². The molecule has 0 saturated heterocycles. The molecular formula is C25H24N2O7. The second-order valence-electron chi connectivity index (χ2n) is 8.15. The highest BCUT2D eigenvalue weighted by atomic mass is 16.7. The molecule has 176 valence electrons. The van der Waals surface area contributed by atoms with Gasteiger partial charge in [-0.05, 0) is 47.4 Å². The number of benzene rings is 3. The van der Waals surface area contributed by atoms with Gasteiger partial charge in [-0.3, -0.25) is 14.8 Å². The van der Waals surface area contributed by atoms with Crippen LogP contribution in [0.3, 0.4) is 0 Å². The largest absolute Gasteiger partial charge is 0.508 e. The minimum atomic E-state index is -0.648. The van der Waals surface area contributed by atoms with Gasteiger partial charge >= 0.3 is 0 Å². The van der Waals surface area contributed by atoms with E-state index >= 15 is 0 Å². The molecule has 0 fully saturated rings. The number of anilines is 1. The van der Waals surface area contributed by atoms with Gasteiger partial charge in [-0.25, -0.2) is 5.48 Å². The Labute approximate surface area is 195 Å². The Hall–Kier alpha value is -4.24. The maximum absolute atomic E-state index is 13.7. The molecule has 0 aromatic heterocycles. The number of ether oxygens (including phenoxy) is 2. The van der Waals surface area contributed by atoms with E-state index in [1.165, 1.54) is 29.2 Å². The molecule has 4 N–H and O–H groups in total. The smallest absolute Gasteiger partial charge is 0.274 e. The predicted octanol–water partition coefficient (Wildman–Crippen LogP) is 3.92. The normalized spacial score (nSPS) is 12.0. The third kappa shape index (κ3) is 4.46. The van der Waals surface area contributed by atoms with E-state index in [0.717, 1.165) is 0 Å². The summed E-state index contributed by atoms with van der Waals surface area (Å²) in [5, 5.41) is 29.5. The van der Waals surface area contributed by atoms with E-state index in [-0.39, 0.29) is 41.9 Å². The molecule has 0 spiro atoms. The van der Waals surface area contributed by atoms with Crippen LogP contribution in [0.5, 0.6) is 23.0 Å². The van der Waals surface area contributed by atoms with Crippen molar-refractivity contribution in [1.29, 1.82) is 0 Å². The molecule has 9 nitrogen and oxygen atoms in total. The van der Waals surface area contributed by atoms with Crippen molar-refractivity contribution in [1.82, 2.24) is 5.48 Å². The second kappa shape index (κ2) is 9.32. The Bertz CT molecular complexity index is 1240. The molecular weight excluding hydrogens is 440 g/mol. The van der Waals surface area contributed by atoms with E-state index in [2.05, 4.69) is 0 Å². The minimum absolute atomic E-state index is 0.0374. The Balaban J connectivity index is 1.74. The monoisotopic (exact) mass is 464 g/mol. The zero-order valence-corrected chi connectivity index (χ0v) is 18.6. The lowest BCUT2D eigenvalue weighted by atomic mass is 9.98. The molecule has 1 heterocycles. The number of carbonyl (C=O) groups is 2. The van der Waals surface area contributed by atoms with Crippen molar-refractivity contribution in [3.05, 3.63) is 76.9 Å². The van der Waals surface area contributed by atoms with E-state index in [0.29, 0.717) is 28.3 Å². The van der Waals surface area contributed by atoms with Gasteiger partial charge in [-0.15, -0.1) is 0 Å². The van der Waals surface area contributed by atoms with Crippen molar-refractivity contribution in [3.8, 4) is 23.0 Å². The fourth-order valence-corrected chi connectivity index (χ4v) is 3.72. The van der Waals surface area contributed by atoms with Crippen LogP contribution in [0.1, 0.15) is 51.6 Å². The van der Waals surface area contributed by atoms with Gasteiger partial charge in [0.25, 0.3) is 11.8 Å². The molecule has 0 bridgehead atoms. The summed E-state index contributed by atoms with van der Waals surface area (Å²) in [5.74, 6) is -0.588. The average molecular weight is 464 g/mol. The lowest BCUT2D eigenvalue weighted by molar-refractivity contribution is 0.0706. The number of rotatable bonds is 6. The third-order valence-corrected chi connectivity index (χ3v) is 5.57. The minimum Gasteiger partial charge on any atom is -0.508 e. The van der Waals surface area contributed by atoms with Crippen molar-refractivity contribution in [2.24, 2.45) is 0 Å². The summed E-state index contributed by atoms with van der Waals surface area (Å²) in [4.78, 5) is 26.8. The highest BCUT2D eigenvalue weighted by Crippen LogP contribution is 2.38. The Morgan fingerprint density at radius 2 is 1.68 bits per heavy atom. The Morgan fingerprint density at radius 3 is 2.35 bits per heavy atom. The summed E-state index contributed by atoms with van der Waals surface area (Å²) in [6.45, 7) is 3.94. The zero-order valence-electron chi connectivity index (χ0n) is 18.6. The Kier molecular flexibility index (Phi) is 6.29. The summed E-state index contributed by atoms with van der Waals surface area (Å²) in [6.07, 6.45) is 0. The molecule has 3 aromatic rings. The van der Waals surface area contributed by atoms with Gasteiger partial charge in [0.2, 0.25) is 6.79 Å². The molecule has 0 atom stereocenters. The van der Waals surface area contributed by atoms with Crippen molar-refractivity contribution < 1.29 is 34.5 Å². The van der Waals surface area contributed by atoms with Gasteiger partial charge in [0, 0.05) is 23.4 Å². The molecule has 34 heavy (non-hydrogen) atoms. The molecule has 2 amide bonds. The number of phenolic OH excluding ortho intramolecular Hbond substituents is 2. The molecule has 1 aliphatic rings. The lowest BCUT2D eigenvalue weighted by Gasteiger charge is -2.24. The van der Waals surface area contributed by atoms with Gasteiger partial charge in [-0.2, -0.15) is 0 Å². The number of hydroxylamine groups is 1. The molecule has 3 aromatic carbocycles. The maximum atomic E-state index is 13.7. The Morgan fingerprint density at radius 1 is 0.971 bits per heavy atom. The lowest BCUT2D eigenvalue weighted by Crippen LogP contribution is -2.30. The number of carbonyl (C=O) groups excluding carboxylic acids is 2. The average Bonchev–Trinajstić information content (AvgIpc) is 3.30. The van der Waals surface area contributed by atoms with Gasteiger partial charge in [0.1, 0.15) is 11.5 Å².